The molecule has 0 fully saturated rings. The van der Waals surface area contributed by atoms with Gasteiger partial charge in [-0.2, -0.15) is 0 Å². The van der Waals surface area contributed by atoms with Crippen molar-refractivity contribution in [3.63, 3.8) is 0 Å². The number of halogens is 1. The van der Waals surface area contributed by atoms with E-state index in [1.807, 2.05) is 0 Å². The summed E-state index contributed by atoms with van der Waals surface area (Å²) < 4.78 is 5.00. The highest BCUT2D eigenvalue weighted by Gasteiger charge is 2.06. The minimum atomic E-state index is 0. The third-order valence-corrected chi connectivity index (χ3v) is 3.04. The van der Waals surface area contributed by atoms with Crippen LogP contribution in [0.4, 0.5) is 0 Å². The van der Waals surface area contributed by atoms with E-state index in [-0.39, 0.29) is 24.0 Å². The number of nitrogens with zero attached hydrogens (tertiary/aromatic N) is 1. The second-order valence-corrected chi connectivity index (χ2v) is 4.68. The number of methoxy groups -OCH3 is 1. The Labute approximate surface area is 139 Å². The lowest BCUT2D eigenvalue weighted by atomic mass is 10.0. The lowest BCUT2D eigenvalue weighted by Gasteiger charge is -2.16. The molecular formula is C15H26IN3O. The number of hydrogen-bond donors (Lipinski definition) is 2. The van der Waals surface area contributed by atoms with E-state index >= 15 is 0 Å². The Morgan fingerprint density at radius 3 is 2.45 bits per heavy atom. The number of nitrogens with one attached hydrogen (secondary N) is 2. The van der Waals surface area contributed by atoms with Gasteiger partial charge in [0.1, 0.15) is 0 Å². The van der Waals surface area contributed by atoms with Crippen LogP contribution in [-0.2, 0) is 4.74 Å². The maximum absolute atomic E-state index is 5.00. The van der Waals surface area contributed by atoms with Crippen LogP contribution in [0.3, 0.4) is 0 Å². The van der Waals surface area contributed by atoms with Gasteiger partial charge in [0.05, 0.1) is 6.61 Å². The lowest BCUT2D eigenvalue weighted by molar-refractivity contribution is 0.203. The van der Waals surface area contributed by atoms with E-state index in [1.54, 1.807) is 14.2 Å². The molecule has 0 radical (unpaired) electrons. The van der Waals surface area contributed by atoms with Crippen LogP contribution in [0.25, 0.3) is 0 Å². The second kappa shape index (κ2) is 10.9. The van der Waals surface area contributed by atoms with Crippen molar-refractivity contribution in [1.82, 2.24) is 10.6 Å². The average molecular weight is 391 g/mol. The van der Waals surface area contributed by atoms with Gasteiger partial charge in [-0.15, -0.1) is 24.0 Å². The van der Waals surface area contributed by atoms with E-state index in [0.717, 1.165) is 19.0 Å². The molecule has 0 heterocycles. The summed E-state index contributed by atoms with van der Waals surface area (Å²) in [6, 6.07) is 8.67. The molecule has 0 saturated carbocycles. The van der Waals surface area contributed by atoms with Crippen LogP contribution in [0.15, 0.2) is 29.3 Å². The van der Waals surface area contributed by atoms with Gasteiger partial charge >= 0.3 is 0 Å². The van der Waals surface area contributed by atoms with Gasteiger partial charge < -0.3 is 15.4 Å². The van der Waals surface area contributed by atoms with E-state index in [1.165, 1.54) is 11.1 Å². The van der Waals surface area contributed by atoms with Gasteiger partial charge in [0.25, 0.3) is 0 Å². The first-order valence-electron chi connectivity index (χ1n) is 6.67. The predicted molar refractivity (Wildman–Crippen MR) is 96.2 cm³/mol. The maximum Gasteiger partial charge on any atom is 0.191 e. The molecule has 5 heteroatoms. The third kappa shape index (κ3) is 7.09. The molecule has 0 amide bonds. The summed E-state index contributed by atoms with van der Waals surface area (Å²) in [5.74, 6) is 1.26. The van der Waals surface area contributed by atoms with Crippen molar-refractivity contribution in [1.29, 1.82) is 0 Å². The molecular weight excluding hydrogens is 365 g/mol. The van der Waals surface area contributed by atoms with Gasteiger partial charge in [-0.25, -0.2) is 0 Å². The molecule has 1 unspecified atom stereocenters. The molecule has 0 saturated heterocycles. The van der Waals surface area contributed by atoms with E-state index in [0.29, 0.717) is 12.5 Å². The molecule has 0 aliphatic rings. The fourth-order valence-electron chi connectivity index (χ4n) is 1.75. The maximum atomic E-state index is 5.00. The molecule has 0 bridgehead atoms. The van der Waals surface area contributed by atoms with Crippen LogP contribution >= 0.6 is 24.0 Å². The Bertz CT molecular complexity index is 393. The number of guanidine groups is 1. The third-order valence-electron chi connectivity index (χ3n) is 3.04. The average Bonchev–Trinajstić information content (AvgIpc) is 2.43. The molecule has 1 aromatic carbocycles. The monoisotopic (exact) mass is 391 g/mol. The highest BCUT2D eigenvalue weighted by atomic mass is 127. The van der Waals surface area contributed by atoms with E-state index in [4.69, 9.17) is 4.74 Å². The highest BCUT2D eigenvalue weighted by molar-refractivity contribution is 14.0. The summed E-state index contributed by atoms with van der Waals surface area (Å²) >= 11 is 0. The van der Waals surface area contributed by atoms with E-state index < -0.39 is 0 Å². The molecule has 0 aromatic heterocycles. The molecule has 0 spiro atoms. The van der Waals surface area contributed by atoms with Crippen LogP contribution in [0.5, 0.6) is 0 Å². The fourth-order valence-corrected chi connectivity index (χ4v) is 1.75. The normalized spacial score (nSPS) is 12.5. The summed E-state index contributed by atoms with van der Waals surface area (Å²) in [5, 5.41) is 6.52. The first-order valence-corrected chi connectivity index (χ1v) is 6.67. The summed E-state index contributed by atoms with van der Waals surface area (Å²) in [6.07, 6.45) is 0. The summed E-state index contributed by atoms with van der Waals surface area (Å²) in [4.78, 5) is 4.18. The SMILES string of the molecule is CN=C(NCCOC)NCC(C)c1ccc(C)cc1.I. The first kappa shape index (κ1) is 19.2. The molecule has 4 nitrogen and oxygen atoms in total. The minimum absolute atomic E-state index is 0. The molecule has 0 aliphatic carbocycles. The number of aliphatic imine (C=N–C) groups is 1. The van der Waals surface area contributed by atoms with Crippen LogP contribution in [0.1, 0.15) is 24.0 Å². The zero-order valence-corrected chi connectivity index (χ0v) is 15.1. The van der Waals surface area contributed by atoms with Crippen molar-refractivity contribution in [2.75, 3.05) is 33.9 Å². The van der Waals surface area contributed by atoms with Crippen molar-refractivity contribution in [2.24, 2.45) is 4.99 Å². The molecule has 1 atom stereocenters. The van der Waals surface area contributed by atoms with Gasteiger partial charge in [-0.3, -0.25) is 4.99 Å². The lowest BCUT2D eigenvalue weighted by Crippen LogP contribution is -2.40. The smallest absolute Gasteiger partial charge is 0.191 e. The minimum Gasteiger partial charge on any atom is -0.383 e. The molecule has 1 rings (SSSR count). The molecule has 114 valence electrons. The first-order chi connectivity index (χ1) is 9.17. The van der Waals surface area contributed by atoms with Gasteiger partial charge in [-0.05, 0) is 18.4 Å². The van der Waals surface area contributed by atoms with Gasteiger partial charge in [0.2, 0.25) is 0 Å². The number of hydrogen-bond acceptors (Lipinski definition) is 2. The zero-order valence-electron chi connectivity index (χ0n) is 12.8. The summed E-state index contributed by atoms with van der Waals surface area (Å²) in [5.41, 5.74) is 2.63. The van der Waals surface area contributed by atoms with Crippen LogP contribution in [0, 0.1) is 6.92 Å². The Balaban J connectivity index is 0.00000361. The molecule has 0 aliphatic heterocycles. The highest BCUT2D eigenvalue weighted by Crippen LogP contribution is 2.14. The molecule has 1 aromatic rings. The van der Waals surface area contributed by atoms with E-state index in [2.05, 4.69) is 53.7 Å². The Morgan fingerprint density at radius 1 is 1.25 bits per heavy atom. The molecule has 2 N–H and O–H groups in total. The van der Waals surface area contributed by atoms with Crippen molar-refractivity contribution in [3.05, 3.63) is 35.4 Å². The van der Waals surface area contributed by atoms with Crippen molar-refractivity contribution in [2.45, 2.75) is 19.8 Å². The van der Waals surface area contributed by atoms with E-state index in [9.17, 15) is 0 Å². The second-order valence-electron chi connectivity index (χ2n) is 4.68. The largest absolute Gasteiger partial charge is 0.383 e. The number of ether oxygens (including phenoxy) is 1. The van der Waals surface area contributed by atoms with Crippen molar-refractivity contribution < 1.29 is 4.74 Å². The summed E-state index contributed by atoms with van der Waals surface area (Å²) in [7, 11) is 3.47. The number of aryl methyl sites for hydroxylation is 1. The number of benzene rings is 1. The zero-order chi connectivity index (χ0) is 14.1. The predicted octanol–water partition coefficient (Wildman–Crippen LogP) is 2.53. The van der Waals surface area contributed by atoms with Crippen molar-refractivity contribution in [3.8, 4) is 0 Å². The van der Waals surface area contributed by atoms with Gasteiger partial charge in [-0.1, -0.05) is 36.8 Å². The van der Waals surface area contributed by atoms with Crippen LogP contribution in [-0.4, -0.2) is 39.8 Å². The Hall–Kier alpha value is -0.820. The summed E-state index contributed by atoms with van der Waals surface area (Å²) in [6.45, 7) is 6.60. The van der Waals surface area contributed by atoms with Crippen molar-refractivity contribution >= 4 is 29.9 Å². The number of rotatable bonds is 6. The van der Waals surface area contributed by atoms with Gasteiger partial charge in [0, 0.05) is 27.2 Å². The van der Waals surface area contributed by atoms with Crippen LogP contribution < -0.4 is 10.6 Å². The fraction of sp³-hybridized carbons (Fsp3) is 0.533. The topological polar surface area (TPSA) is 45.7 Å². The van der Waals surface area contributed by atoms with Gasteiger partial charge in [0.15, 0.2) is 5.96 Å². The standard InChI is InChI=1S/C15H25N3O.HI/c1-12-5-7-14(8-6-12)13(2)11-18-15(16-3)17-9-10-19-4;/h5-8,13H,9-11H2,1-4H3,(H2,16,17,18);1H. The quantitative estimate of drug-likeness (QED) is 0.339. The molecule has 20 heavy (non-hydrogen) atoms. The Kier molecular flexibility index (Phi) is 10.5. The Morgan fingerprint density at radius 2 is 1.90 bits per heavy atom. The van der Waals surface area contributed by atoms with Crippen LogP contribution in [0.2, 0.25) is 0 Å².